The van der Waals surface area contributed by atoms with E-state index >= 15 is 0 Å². The first-order valence-electron chi connectivity index (χ1n) is 6.24. The lowest BCUT2D eigenvalue weighted by Gasteiger charge is -2.29. The van der Waals surface area contributed by atoms with Gasteiger partial charge in [-0.3, -0.25) is 0 Å². The fraction of sp³-hybridized carbons (Fsp3) is 0.750. The molecular weight excluding hydrogens is 250 g/mol. The predicted molar refractivity (Wildman–Crippen MR) is 77.9 cm³/mol. The van der Waals surface area contributed by atoms with Gasteiger partial charge < -0.3 is 9.88 Å². The Kier molecular flexibility index (Phi) is 5.25. The van der Waals surface area contributed by atoms with Crippen LogP contribution in [0.15, 0.2) is 12.4 Å². The lowest BCUT2D eigenvalue weighted by molar-refractivity contribution is 0.513. The van der Waals surface area contributed by atoms with E-state index in [1.807, 2.05) is 6.20 Å². The van der Waals surface area contributed by atoms with Gasteiger partial charge in [0.05, 0.1) is 6.04 Å². The highest BCUT2D eigenvalue weighted by Gasteiger charge is 2.27. The van der Waals surface area contributed by atoms with Gasteiger partial charge in [0.2, 0.25) is 0 Å². The molecule has 1 aromatic heterocycles. The van der Waals surface area contributed by atoms with Crippen LogP contribution in [0.5, 0.6) is 0 Å². The number of thioether (sulfide) groups is 2. The van der Waals surface area contributed by atoms with Crippen molar-refractivity contribution in [1.82, 2.24) is 14.9 Å². The highest BCUT2D eigenvalue weighted by molar-refractivity contribution is 8.06. The molecule has 2 unspecified atom stereocenters. The Labute approximate surface area is 112 Å². The van der Waals surface area contributed by atoms with Crippen LogP contribution in [0.1, 0.15) is 25.2 Å². The summed E-state index contributed by atoms with van der Waals surface area (Å²) in [7, 11) is 2.05. The molecule has 1 aliphatic heterocycles. The van der Waals surface area contributed by atoms with Crippen molar-refractivity contribution in [2.45, 2.75) is 31.2 Å². The van der Waals surface area contributed by atoms with Crippen LogP contribution in [-0.2, 0) is 6.54 Å². The number of aryl methyl sites for hydroxylation is 1. The fourth-order valence-corrected chi connectivity index (χ4v) is 5.08. The number of aromatic nitrogens is 2. The molecule has 0 amide bonds. The van der Waals surface area contributed by atoms with Crippen molar-refractivity contribution in [3.63, 3.8) is 0 Å². The minimum Gasteiger partial charge on any atom is -0.334 e. The maximum Gasteiger partial charge on any atom is 0.127 e. The monoisotopic (exact) mass is 271 g/mol. The zero-order chi connectivity index (χ0) is 12.1. The maximum absolute atomic E-state index is 4.56. The lowest BCUT2D eigenvalue weighted by Crippen LogP contribution is -2.33. The Hall–Kier alpha value is -0.130. The standard InChI is InChI=1S/C12H21N3S2/c1-3-5-15-6-4-14-12(15)11(13-2)10-9-16-7-8-17-10/h4,6,10-11,13H,3,5,7-9H2,1-2H3. The van der Waals surface area contributed by atoms with Crippen molar-refractivity contribution >= 4 is 23.5 Å². The van der Waals surface area contributed by atoms with Gasteiger partial charge in [0, 0.05) is 41.4 Å². The fourth-order valence-electron chi connectivity index (χ4n) is 2.21. The van der Waals surface area contributed by atoms with Crippen LogP contribution in [-0.4, -0.2) is 39.1 Å². The van der Waals surface area contributed by atoms with E-state index in [-0.39, 0.29) is 0 Å². The third-order valence-electron chi connectivity index (χ3n) is 3.01. The molecule has 1 fully saturated rings. The molecule has 0 spiro atoms. The molecule has 0 bridgehead atoms. The molecule has 0 saturated carbocycles. The molecule has 2 rings (SSSR count). The summed E-state index contributed by atoms with van der Waals surface area (Å²) in [4.78, 5) is 4.56. The van der Waals surface area contributed by atoms with Crippen molar-refractivity contribution in [3.05, 3.63) is 18.2 Å². The summed E-state index contributed by atoms with van der Waals surface area (Å²) in [5, 5.41) is 4.11. The average Bonchev–Trinajstić information content (AvgIpc) is 2.81. The second kappa shape index (κ2) is 6.71. The van der Waals surface area contributed by atoms with E-state index in [4.69, 9.17) is 0 Å². The number of hydrogen-bond acceptors (Lipinski definition) is 4. The van der Waals surface area contributed by atoms with E-state index < -0.39 is 0 Å². The summed E-state index contributed by atoms with van der Waals surface area (Å²) in [5.41, 5.74) is 0. The molecule has 17 heavy (non-hydrogen) atoms. The zero-order valence-corrected chi connectivity index (χ0v) is 12.2. The van der Waals surface area contributed by atoms with Gasteiger partial charge in [-0.05, 0) is 13.5 Å². The molecule has 3 nitrogen and oxygen atoms in total. The number of nitrogens with zero attached hydrogens (tertiary/aromatic N) is 2. The number of imidazole rings is 1. The molecule has 0 aromatic carbocycles. The average molecular weight is 271 g/mol. The molecule has 0 radical (unpaired) electrons. The first kappa shape index (κ1) is 13.3. The predicted octanol–water partition coefficient (Wildman–Crippen LogP) is 2.40. The van der Waals surface area contributed by atoms with E-state index in [1.54, 1.807) is 0 Å². The van der Waals surface area contributed by atoms with Gasteiger partial charge in [0.1, 0.15) is 5.82 Å². The van der Waals surface area contributed by atoms with E-state index in [0.717, 1.165) is 13.0 Å². The molecule has 5 heteroatoms. The van der Waals surface area contributed by atoms with Gasteiger partial charge >= 0.3 is 0 Å². The largest absolute Gasteiger partial charge is 0.334 e. The topological polar surface area (TPSA) is 29.9 Å². The number of rotatable bonds is 5. The molecule has 1 N–H and O–H groups in total. The third-order valence-corrected chi connectivity index (χ3v) is 5.88. The molecule has 1 aliphatic rings. The highest BCUT2D eigenvalue weighted by atomic mass is 32.2. The van der Waals surface area contributed by atoms with Crippen molar-refractivity contribution in [2.24, 2.45) is 0 Å². The van der Waals surface area contributed by atoms with Crippen molar-refractivity contribution in [1.29, 1.82) is 0 Å². The lowest BCUT2D eigenvalue weighted by atomic mass is 10.2. The second-order valence-corrected chi connectivity index (χ2v) is 6.73. The first-order chi connectivity index (χ1) is 8.36. The highest BCUT2D eigenvalue weighted by Crippen LogP contribution is 2.32. The minimum absolute atomic E-state index is 0.384. The number of nitrogens with one attached hydrogen (secondary N) is 1. The van der Waals surface area contributed by atoms with Gasteiger partial charge in [-0.15, -0.1) is 0 Å². The second-order valence-electron chi connectivity index (χ2n) is 4.23. The first-order valence-corrected chi connectivity index (χ1v) is 8.44. The summed E-state index contributed by atoms with van der Waals surface area (Å²) in [5.74, 6) is 4.99. The van der Waals surface area contributed by atoms with Crippen LogP contribution in [0.4, 0.5) is 0 Å². The summed E-state index contributed by atoms with van der Waals surface area (Å²) in [6, 6.07) is 0.384. The van der Waals surface area contributed by atoms with E-state index in [0.29, 0.717) is 11.3 Å². The van der Waals surface area contributed by atoms with Crippen LogP contribution < -0.4 is 5.32 Å². The molecule has 96 valence electrons. The Bertz CT molecular complexity index is 334. The van der Waals surface area contributed by atoms with Crippen LogP contribution in [0.25, 0.3) is 0 Å². The summed E-state index contributed by atoms with van der Waals surface area (Å²) in [6.07, 6.45) is 5.19. The Balaban J connectivity index is 2.12. The van der Waals surface area contributed by atoms with Crippen LogP contribution in [0.2, 0.25) is 0 Å². The number of hydrogen-bond donors (Lipinski definition) is 1. The van der Waals surface area contributed by atoms with Gasteiger partial charge in [-0.2, -0.15) is 23.5 Å². The molecular formula is C12H21N3S2. The van der Waals surface area contributed by atoms with Crippen LogP contribution in [0.3, 0.4) is 0 Å². The van der Waals surface area contributed by atoms with Crippen molar-refractivity contribution in [3.8, 4) is 0 Å². The molecule has 1 aromatic rings. The van der Waals surface area contributed by atoms with Gasteiger partial charge in [-0.25, -0.2) is 4.98 Å². The summed E-state index contributed by atoms with van der Waals surface area (Å²) in [6.45, 7) is 3.28. The minimum atomic E-state index is 0.384. The van der Waals surface area contributed by atoms with E-state index in [9.17, 15) is 0 Å². The summed E-state index contributed by atoms with van der Waals surface area (Å²) < 4.78 is 2.29. The zero-order valence-electron chi connectivity index (χ0n) is 10.6. The van der Waals surface area contributed by atoms with Gasteiger partial charge in [0.15, 0.2) is 0 Å². The summed E-state index contributed by atoms with van der Waals surface area (Å²) >= 11 is 4.15. The molecule has 2 heterocycles. The third kappa shape index (κ3) is 3.20. The van der Waals surface area contributed by atoms with E-state index in [1.165, 1.54) is 23.1 Å². The Morgan fingerprint density at radius 2 is 2.47 bits per heavy atom. The van der Waals surface area contributed by atoms with Crippen LogP contribution in [0, 0.1) is 0 Å². The SMILES string of the molecule is CCCn1ccnc1C(NC)C1CSCCS1. The molecule has 1 saturated heterocycles. The van der Waals surface area contributed by atoms with Crippen molar-refractivity contribution < 1.29 is 0 Å². The van der Waals surface area contributed by atoms with Gasteiger partial charge in [0.25, 0.3) is 0 Å². The van der Waals surface area contributed by atoms with Crippen molar-refractivity contribution in [2.75, 3.05) is 24.3 Å². The van der Waals surface area contributed by atoms with E-state index in [2.05, 4.69) is 58.6 Å². The maximum atomic E-state index is 4.56. The Morgan fingerprint density at radius 3 is 3.12 bits per heavy atom. The van der Waals surface area contributed by atoms with Gasteiger partial charge in [-0.1, -0.05) is 6.92 Å². The smallest absolute Gasteiger partial charge is 0.127 e. The van der Waals surface area contributed by atoms with Crippen LogP contribution >= 0.6 is 23.5 Å². The molecule has 0 aliphatic carbocycles. The molecule has 2 atom stereocenters. The normalized spacial score (nSPS) is 22.6. The Morgan fingerprint density at radius 1 is 1.59 bits per heavy atom. The quantitative estimate of drug-likeness (QED) is 0.890.